The molecule has 0 saturated heterocycles. The number of rotatable bonds is 7. The van der Waals surface area contributed by atoms with E-state index in [9.17, 15) is 9.90 Å². The number of hydrogen-bond acceptors (Lipinski definition) is 5. The summed E-state index contributed by atoms with van der Waals surface area (Å²) in [5, 5.41) is 10.1. The molecule has 2 rings (SSSR count). The van der Waals surface area contributed by atoms with E-state index >= 15 is 0 Å². The van der Waals surface area contributed by atoms with Crippen molar-refractivity contribution in [2.45, 2.75) is 12.3 Å². The lowest BCUT2D eigenvalue weighted by Gasteiger charge is -2.29. The summed E-state index contributed by atoms with van der Waals surface area (Å²) < 4.78 is 16.1. The highest BCUT2D eigenvalue weighted by Crippen LogP contribution is 2.42. The quantitative estimate of drug-likeness (QED) is 0.819. The van der Waals surface area contributed by atoms with Gasteiger partial charge in [-0.2, -0.15) is 0 Å². The molecule has 6 heteroatoms. The second-order valence-corrected chi connectivity index (χ2v) is 6.28. The smallest absolute Gasteiger partial charge is 0.318 e. The molecular weight excluding hydrogens is 334 g/mol. The molecule has 0 fully saturated rings. The number of aliphatic carboxylic acids is 1. The predicted molar refractivity (Wildman–Crippen MR) is 101 cm³/mol. The molecule has 0 aliphatic rings. The van der Waals surface area contributed by atoms with Crippen molar-refractivity contribution in [1.82, 2.24) is 0 Å². The fraction of sp³-hybridized carbons (Fsp3) is 0.350. The largest absolute Gasteiger partial charge is 0.496 e. The molecule has 1 unspecified atom stereocenters. The van der Waals surface area contributed by atoms with Gasteiger partial charge in [0.15, 0.2) is 11.5 Å². The van der Waals surface area contributed by atoms with Crippen LogP contribution in [0.3, 0.4) is 0 Å². The Kier molecular flexibility index (Phi) is 5.65. The SMILES string of the molecule is COc1ccc(C(C)(C(=O)O)c2ccc(N(C)C)cc2OC)cc1OC. The van der Waals surface area contributed by atoms with Gasteiger partial charge in [0.2, 0.25) is 0 Å². The number of benzene rings is 2. The average Bonchev–Trinajstić information content (AvgIpc) is 2.65. The Labute approximate surface area is 153 Å². The zero-order chi connectivity index (χ0) is 19.5. The first-order valence-corrected chi connectivity index (χ1v) is 8.11. The molecule has 0 aliphatic carbocycles. The maximum Gasteiger partial charge on any atom is 0.318 e. The highest BCUT2D eigenvalue weighted by molar-refractivity contribution is 5.87. The summed E-state index contributed by atoms with van der Waals surface area (Å²) in [6.07, 6.45) is 0. The van der Waals surface area contributed by atoms with Gasteiger partial charge in [-0.15, -0.1) is 0 Å². The minimum Gasteiger partial charge on any atom is -0.496 e. The summed E-state index contributed by atoms with van der Waals surface area (Å²) in [5.74, 6) is 0.539. The summed E-state index contributed by atoms with van der Waals surface area (Å²) in [4.78, 5) is 14.3. The topological polar surface area (TPSA) is 68.2 Å². The van der Waals surface area contributed by atoms with Crippen molar-refractivity contribution in [2.75, 3.05) is 40.3 Å². The summed E-state index contributed by atoms with van der Waals surface area (Å²) in [7, 11) is 8.43. The van der Waals surface area contributed by atoms with E-state index in [1.54, 1.807) is 31.2 Å². The molecule has 0 aliphatic heterocycles. The first-order chi connectivity index (χ1) is 12.3. The van der Waals surface area contributed by atoms with Crippen molar-refractivity contribution in [3.05, 3.63) is 47.5 Å². The molecule has 1 N–H and O–H groups in total. The zero-order valence-corrected chi connectivity index (χ0v) is 16.0. The number of methoxy groups -OCH3 is 3. The number of nitrogens with zero attached hydrogens (tertiary/aromatic N) is 1. The molecule has 1 atom stereocenters. The molecule has 2 aromatic rings. The van der Waals surface area contributed by atoms with Crippen LogP contribution in [0.15, 0.2) is 36.4 Å². The molecular formula is C20H25NO5. The molecule has 2 aromatic carbocycles. The average molecular weight is 359 g/mol. The number of carbonyl (C=O) groups is 1. The van der Waals surface area contributed by atoms with Crippen molar-refractivity contribution in [2.24, 2.45) is 0 Å². The number of carboxylic acid groups (broad SMARTS) is 1. The van der Waals surface area contributed by atoms with E-state index in [0.29, 0.717) is 28.4 Å². The van der Waals surface area contributed by atoms with E-state index in [0.717, 1.165) is 5.69 Å². The fourth-order valence-electron chi connectivity index (χ4n) is 2.91. The molecule has 26 heavy (non-hydrogen) atoms. The highest BCUT2D eigenvalue weighted by Gasteiger charge is 2.40. The lowest BCUT2D eigenvalue weighted by atomic mass is 9.75. The number of hydrogen-bond donors (Lipinski definition) is 1. The molecule has 6 nitrogen and oxygen atoms in total. The first kappa shape index (κ1) is 19.4. The van der Waals surface area contributed by atoms with E-state index in [4.69, 9.17) is 14.2 Å². The van der Waals surface area contributed by atoms with Crippen molar-refractivity contribution in [3.63, 3.8) is 0 Å². The monoisotopic (exact) mass is 359 g/mol. The third-order valence-corrected chi connectivity index (χ3v) is 4.63. The van der Waals surface area contributed by atoms with Crippen molar-refractivity contribution < 1.29 is 24.1 Å². The van der Waals surface area contributed by atoms with E-state index < -0.39 is 11.4 Å². The third-order valence-electron chi connectivity index (χ3n) is 4.63. The number of carboxylic acids is 1. The van der Waals surface area contributed by atoms with E-state index in [-0.39, 0.29) is 0 Å². The van der Waals surface area contributed by atoms with Crippen LogP contribution < -0.4 is 19.1 Å². The van der Waals surface area contributed by atoms with Crippen molar-refractivity contribution in [3.8, 4) is 17.2 Å². The first-order valence-electron chi connectivity index (χ1n) is 8.11. The Hall–Kier alpha value is -2.89. The van der Waals surface area contributed by atoms with Gasteiger partial charge in [-0.3, -0.25) is 4.79 Å². The van der Waals surface area contributed by atoms with Gasteiger partial charge in [0, 0.05) is 31.4 Å². The van der Waals surface area contributed by atoms with Crippen LogP contribution in [0, 0.1) is 0 Å². The van der Waals surface area contributed by atoms with Crippen molar-refractivity contribution >= 4 is 11.7 Å². The highest BCUT2D eigenvalue weighted by atomic mass is 16.5. The van der Waals surface area contributed by atoms with Gasteiger partial charge in [-0.05, 0) is 30.7 Å². The summed E-state index contributed by atoms with van der Waals surface area (Å²) in [6, 6.07) is 10.6. The van der Waals surface area contributed by atoms with Crippen LogP contribution in [0.2, 0.25) is 0 Å². The summed E-state index contributed by atoms with van der Waals surface area (Å²) in [6.45, 7) is 1.66. The number of ether oxygens (including phenoxy) is 3. The maximum atomic E-state index is 12.3. The van der Waals surface area contributed by atoms with Crippen LogP contribution in [0.1, 0.15) is 18.1 Å². The van der Waals surface area contributed by atoms with Crippen LogP contribution in [0.25, 0.3) is 0 Å². The number of anilines is 1. The Morgan fingerprint density at radius 3 is 2.04 bits per heavy atom. The van der Waals surface area contributed by atoms with Crippen LogP contribution in [-0.2, 0) is 10.2 Å². The Balaban J connectivity index is 2.70. The van der Waals surface area contributed by atoms with Crippen LogP contribution in [-0.4, -0.2) is 46.5 Å². The van der Waals surface area contributed by atoms with Gasteiger partial charge in [-0.1, -0.05) is 12.1 Å². The molecule has 140 valence electrons. The molecule has 0 aromatic heterocycles. The maximum absolute atomic E-state index is 12.3. The molecule has 0 amide bonds. The van der Waals surface area contributed by atoms with E-state index in [1.807, 2.05) is 31.1 Å². The van der Waals surface area contributed by atoms with Crippen molar-refractivity contribution in [1.29, 1.82) is 0 Å². The fourth-order valence-corrected chi connectivity index (χ4v) is 2.91. The Morgan fingerprint density at radius 2 is 1.54 bits per heavy atom. The Bertz CT molecular complexity index is 803. The normalized spacial score (nSPS) is 12.8. The lowest BCUT2D eigenvalue weighted by molar-refractivity contribution is -0.141. The van der Waals surface area contributed by atoms with Gasteiger partial charge in [0.25, 0.3) is 0 Å². The zero-order valence-electron chi connectivity index (χ0n) is 16.0. The minimum atomic E-state index is -1.32. The summed E-state index contributed by atoms with van der Waals surface area (Å²) in [5.41, 5.74) is 0.727. The molecule has 0 bridgehead atoms. The molecule has 0 heterocycles. The van der Waals surface area contributed by atoms with Crippen LogP contribution >= 0.6 is 0 Å². The van der Waals surface area contributed by atoms with Crippen LogP contribution in [0.5, 0.6) is 17.2 Å². The molecule has 0 saturated carbocycles. The third kappa shape index (κ3) is 3.27. The van der Waals surface area contributed by atoms with Gasteiger partial charge >= 0.3 is 5.97 Å². The minimum absolute atomic E-state index is 0.473. The predicted octanol–water partition coefficient (Wildman–Crippen LogP) is 3.17. The van der Waals surface area contributed by atoms with Crippen LogP contribution in [0.4, 0.5) is 5.69 Å². The van der Waals surface area contributed by atoms with Gasteiger partial charge in [0.1, 0.15) is 11.2 Å². The standard InChI is InChI=1S/C20H25NO5/c1-20(19(22)23,13-7-10-16(24-4)18(11-13)26-6)15-9-8-14(21(2)3)12-17(15)25-5/h7-12H,1-6H3,(H,22,23). The summed E-state index contributed by atoms with van der Waals surface area (Å²) >= 11 is 0. The van der Waals surface area contributed by atoms with E-state index in [1.165, 1.54) is 21.3 Å². The Morgan fingerprint density at radius 1 is 0.923 bits per heavy atom. The molecule has 0 spiro atoms. The van der Waals surface area contributed by atoms with Gasteiger partial charge in [0.05, 0.1) is 21.3 Å². The van der Waals surface area contributed by atoms with Gasteiger partial charge < -0.3 is 24.2 Å². The van der Waals surface area contributed by atoms with Gasteiger partial charge in [-0.25, -0.2) is 0 Å². The lowest BCUT2D eigenvalue weighted by Crippen LogP contribution is -2.34. The second kappa shape index (κ2) is 7.56. The van der Waals surface area contributed by atoms with E-state index in [2.05, 4.69) is 0 Å². The molecule has 0 radical (unpaired) electrons. The second-order valence-electron chi connectivity index (χ2n) is 6.28.